The standard InChI is InChI=1S/C39H42FN3O4/c1-20-9-27(40)10-21(2)34(20)46-31-8-7-26(38(4,5)45)14-28(31)30-19-43(6)36(44)29-15-32(47-35(29)30)33-22(3)41-37(42-33)39-16-23-11-24(17-39)13-25(12-23)18-39/h7-10,14-15,19,23-25,45H,11-13,16-18H2,1-6H3,(H,41,42). The molecule has 4 bridgehead atoms. The molecule has 2 aromatic carbocycles. The van der Waals surface area contributed by atoms with Gasteiger partial charge in [0.2, 0.25) is 0 Å². The number of pyridine rings is 1. The number of imidazole rings is 1. The van der Waals surface area contributed by atoms with Crippen molar-refractivity contribution in [3.8, 4) is 34.1 Å². The third-order valence-corrected chi connectivity index (χ3v) is 11.1. The summed E-state index contributed by atoms with van der Waals surface area (Å²) in [6.07, 6.45) is 9.43. The Hall–Kier alpha value is -4.17. The molecular formula is C39H42FN3O4. The van der Waals surface area contributed by atoms with Gasteiger partial charge in [0, 0.05) is 35.5 Å². The third-order valence-electron chi connectivity index (χ3n) is 11.1. The Morgan fingerprint density at radius 3 is 2.26 bits per heavy atom. The van der Waals surface area contributed by atoms with E-state index in [-0.39, 0.29) is 16.8 Å². The van der Waals surface area contributed by atoms with Crippen LogP contribution in [0, 0.1) is 44.3 Å². The number of H-pyrrole nitrogens is 1. The average molecular weight is 636 g/mol. The number of aromatic nitrogens is 3. The van der Waals surface area contributed by atoms with E-state index in [0.29, 0.717) is 56.0 Å². The summed E-state index contributed by atoms with van der Waals surface area (Å²) < 4.78 is 28.8. The summed E-state index contributed by atoms with van der Waals surface area (Å²) >= 11 is 0. The van der Waals surface area contributed by atoms with Crippen molar-refractivity contribution in [3.63, 3.8) is 0 Å². The van der Waals surface area contributed by atoms with Gasteiger partial charge in [0.05, 0.1) is 11.0 Å². The molecule has 0 atom stereocenters. The van der Waals surface area contributed by atoms with E-state index in [4.69, 9.17) is 14.1 Å². The summed E-state index contributed by atoms with van der Waals surface area (Å²) in [6.45, 7) is 9.10. The van der Waals surface area contributed by atoms with Crippen LogP contribution in [0.25, 0.3) is 33.6 Å². The van der Waals surface area contributed by atoms with Crippen molar-refractivity contribution in [2.24, 2.45) is 24.8 Å². The topological polar surface area (TPSA) is 93.3 Å². The minimum Gasteiger partial charge on any atom is -0.456 e. The Labute approximate surface area is 273 Å². The number of benzene rings is 2. The van der Waals surface area contributed by atoms with Crippen molar-refractivity contribution in [2.45, 2.75) is 84.2 Å². The maximum absolute atomic E-state index is 14.2. The van der Waals surface area contributed by atoms with Crippen molar-refractivity contribution >= 4 is 11.0 Å². The largest absolute Gasteiger partial charge is 0.456 e. The molecule has 3 heterocycles. The zero-order valence-corrected chi connectivity index (χ0v) is 28.0. The number of aliphatic hydroxyl groups is 1. The Morgan fingerprint density at radius 2 is 1.64 bits per heavy atom. The zero-order chi connectivity index (χ0) is 33.0. The molecule has 4 saturated carbocycles. The lowest BCUT2D eigenvalue weighted by Crippen LogP contribution is -2.49. The van der Waals surface area contributed by atoms with Crippen LogP contribution in [0.2, 0.25) is 0 Å². The number of hydrogen-bond donors (Lipinski definition) is 2. The number of nitrogens with one attached hydrogen (secondary N) is 1. The quantitative estimate of drug-likeness (QED) is 0.195. The molecule has 3 aromatic heterocycles. The van der Waals surface area contributed by atoms with Crippen LogP contribution in [0.1, 0.15) is 80.6 Å². The fourth-order valence-corrected chi connectivity index (χ4v) is 9.29. The number of aromatic amines is 1. The molecule has 0 amide bonds. The van der Waals surface area contributed by atoms with E-state index >= 15 is 0 Å². The first-order chi connectivity index (χ1) is 22.3. The Kier molecular flexibility index (Phi) is 6.69. The molecule has 5 aromatic rings. The van der Waals surface area contributed by atoms with Gasteiger partial charge in [-0.15, -0.1) is 0 Å². The molecular weight excluding hydrogens is 593 g/mol. The van der Waals surface area contributed by atoms with Gasteiger partial charge >= 0.3 is 0 Å². The van der Waals surface area contributed by atoms with Crippen LogP contribution in [0.4, 0.5) is 4.39 Å². The van der Waals surface area contributed by atoms with Crippen molar-refractivity contribution in [3.05, 3.63) is 87.0 Å². The van der Waals surface area contributed by atoms with E-state index in [2.05, 4.69) is 4.98 Å². The lowest BCUT2D eigenvalue weighted by molar-refractivity contribution is -0.00902. The van der Waals surface area contributed by atoms with Gasteiger partial charge in [0.1, 0.15) is 34.4 Å². The molecule has 0 spiro atoms. The first-order valence-electron chi connectivity index (χ1n) is 16.8. The first kappa shape index (κ1) is 30.2. The van der Waals surface area contributed by atoms with E-state index in [1.807, 2.05) is 39.0 Å². The predicted molar refractivity (Wildman–Crippen MR) is 180 cm³/mol. The average Bonchev–Trinajstić information content (AvgIpc) is 3.60. The SMILES string of the molecule is Cc1cc(F)cc(C)c1Oc1ccc(C(C)(C)O)cc1-c1cn(C)c(=O)c2cc(-c3nc(C45CC6CC(CC(C6)C4)C5)[nH]c3C)oc12. The van der Waals surface area contributed by atoms with E-state index in [0.717, 1.165) is 35.0 Å². The monoisotopic (exact) mass is 635 g/mol. The van der Waals surface area contributed by atoms with Crippen molar-refractivity contribution in [1.82, 2.24) is 14.5 Å². The summed E-state index contributed by atoms with van der Waals surface area (Å²) in [4.78, 5) is 22.4. The minimum absolute atomic E-state index is 0.103. The van der Waals surface area contributed by atoms with Crippen LogP contribution in [-0.4, -0.2) is 19.6 Å². The number of fused-ring (bicyclic) bond motifs is 1. The number of ether oxygens (including phenoxy) is 1. The van der Waals surface area contributed by atoms with Gasteiger partial charge in [0.25, 0.3) is 5.56 Å². The fourth-order valence-electron chi connectivity index (χ4n) is 9.29. The van der Waals surface area contributed by atoms with Crippen LogP contribution < -0.4 is 10.3 Å². The number of aryl methyl sites for hydroxylation is 4. The van der Waals surface area contributed by atoms with Crippen molar-refractivity contribution in [2.75, 3.05) is 0 Å². The number of rotatable bonds is 6. The smallest absolute Gasteiger partial charge is 0.261 e. The first-order valence-corrected chi connectivity index (χ1v) is 16.8. The fraction of sp³-hybridized carbons (Fsp3) is 0.436. The van der Waals surface area contributed by atoms with Crippen molar-refractivity contribution in [1.29, 1.82) is 0 Å². The summed E-state index contributed by atoms with van der Waals surface area (Å²) in [7, 11) is 1.72. The van der Waals surface area contributed by atoms with Crippen LogP contribution in [-0.2, 0) is 18.1 Å². The van der Waals surface area contributed by atoms with Gasteiger partial charge in [-0.3, -0.25) is 4.79 Å². The Morgan fingerprint density at radius 1 is 1.00 bits per heavy atom. The summed E-state index contributed by atoms with van der Waals surface area (Å²) in [5.74, 6) is 4.72. The van der Waals surface area contributed by atoms with E-state index in [1.165, 1.54) is 50.7 Å². The molecule has 4 aliphatic carbocycles. The zero-order valence-electron chi connectivity index (χ0n) is 28.0. The van der Waals surface area contributed by atoms with Gasteiger partial charge < -0.3 is 23.8 Å². The van der Waals surface area contributed by atoms with E-state index in [9.17, 15) is 14.3 Å². The highest BCUT2D eigenvalue weighted by molar-refractivity contribution is 5.95. The minimum atomic E-state index is -1.14. The van der Waals surface area contributed by atoms with Gasteiger partial charge in [-0.05, 0) is 138 Å². The van der Waals surface area contributed by atoms with Gasteiger partial charge in [-0.2, -0.15) is 0 Å². The van der Waals surface area contributed by atoms with Crippen LogP contribution in [0.5, 0.6) is 11.5 Å². The number of nitrogens with zero attached hydrogens (tertiary/aromatic N) is 2. The molecule has 4 aliphatic rings. The second-order valence-corrected chi connectivity index (χ2v) is 15.3. The molecule has 7 nitrogen and oxygen atoms in total. The maximum atomic E-state index is 14.2. The summed E-state index contributed by atoms with van der Waals surface area (Å²) in [6, 6.07) is 10.2. The van der Waals surface area contributed by atoms with Crippen molar-refractivity contribution < 1.29 is 18.7 Å². The maximum Gasteiger partial charge on any atom is 0.261 e. The highest BCUT2D eigenvalue weighted by Crippen LogP contribution is 2.60. The molecule has 9 rings (SSSR count). The Balaban J connectivity index is 1.27. The van der Waals surface area contributed by atoms with E-state index < -0.39 is 5.60 Å². The van der Waals surface area contributed by atoms with E-state index in [1.54, 1.807) is 37.7 Å². The van der Waals surface area contributed by atoms with Gasteiger partial charge in [-0.25, -0.2) is 9.37 Å². The molecule has 4 fully saturated rings. The second-order valence-electron chi connectivity index (χ2n) is 15.3. The molecule has 0 aliphatic heterocycles. The summed E-state index contributed by atoms with van der Waals surface area (Å²) in [5, 5.41) is 11.4. The number of halogens is 1. The number of furan rings is 1. The van der Waals surface area contributed by atoms with Gasteiger partial charge in [0.15, 0.2) is 5.76 Å². The van der Waals surface area contributed by atoms with Crippen LogP contribution in [0.15, 0.2) is 51.8 Å². The van der Waals surface area contributed by atoms with Crippen LogP contribution in [0.3, 0.4) is 0 Å². The number of hydrogen-bond acceptors (Lipinski definition) is 5. The predicted octanol–water partition coefficient (Wildman–Crippen LogP) is 8.74. The molecule has 47 heavy (non-hydrogen) atoms. The Bertz CT molecular complexity index is 2070. The summed E-state index contributed by atoms with van der Waals surface area (Å²) in [5.41, 5.74) is 4.15. The molecule has 8 heteroatoms. The normalized spacial score (nSPS) is 23.6. The molecule has 244 valence electrons. The highest BCUT2D eigenvalue weighted by atomic mass is 19.1. The third kappa shape index (κ3) is 4.95. The molecule has 2 N–H and O–H groups in total. The highest BCUT2D eigenvalue weighted by Gasteiger charge is 2.53. The second kappa shape index (κ2) is 10.4. The molecule has 0 saturated heterocycles. The molecule has 0 radical (unpaired) electrons. The van der Waals surface area contributed by atoms with Gasteiger partial charge in [-0.1, -0.05) is 6.07 Å². The lowest BCUT2D eigenvalue weighted by Gasteiger charge is -2.56. The lowest BCUT2D eigenvalue weighted by atomic mass is 9.49. The molecule has 0 unspecified atom stereocenters. The van der Waals surface area contributed by atoms with Crippen LogP contribution >= 0.6 is 0 Å².